The minimum Gasteiger partial charge on any atom is -0.334 e. The highest BCUT2D eigenvalue weighted by Gasteiger charge is 2.01. The van der Waals surface area contributed by atoms with Gasteiger partial charge in [0.2, 0.25) is 0 Å². The molecular weight excluding hydrogens is 262 g/mol. The average molecular weight is 281 g/mol. The smallest absolute Gasteiger partial charge is 0.0948 e. The van der Waals surface area contributed by atoms with Gasteiger partial charge in [0.1, 0.15) is 0 Å². The summed E-state index contributed by atoms with van der Waals surface area (Å²) in [4.78, 5) is 4.17. The van der Waals surface area contributed by atoms with Crippen LogP contribution in [0.25, 0.3) is 11.3 Å². The lowest BCUT2D eigenvalue weighted by Gasteiger charge is -2.07. The second-order valence-electron chi connectivity index (χ2n) is 4.94. The molecule has 2 aromatic heterocycles. The molecule has 1 aromatic carbocycles. The number of imidazole rings is 1. The van der Waals surface area contributed by atoms with Crippen LogP contribution in [-0.4, -0.2) is 19.7 Å². The SMILES string of the molecule is CCn1cncc1CNCc1ccc(-c2ccn[nH]2)cc1. The predicted octanol–water partition coefficient (Wildman–Crippen LogP) is 2.58. The summed E-state index contributed by atoms with van der Waals surface area (Å²) in [5, 5.41) is 10.4. The fourth-order valence-electron chi connectivity index (χ4n) is 2.33. The van der Waals surface area contributed by atoms with Crippen LogP contribution < -0.4 is 5.32 Å². The normalized spacial score (nSPS) is 10.9. The van der Waals surface area contributed by atoms with E-state index in [1.54, 1.807) is 6.20 Å². The fraction of sp³-hybridized carbons (Fsp3) is 0.250. The zero-order valence-electron chi connectivity index (χ0n) is 12.1. The van der Waals surface area contributed by atoms with E-state index >= 15 is 0 Å². The molecule has 5 nitrogen and oxygen atoms in total. The molecule has 3 aromatic rings. The van der Waals surface area contributed by atoms with Crippen molar-refractivity contribution in [3.63, 3.8) is 0 Å². The molecule has 21 heavy (non-hydrogen) atoms. The molecule has 0 aliphatic heterocycles. The predicted molar refractivity (Wildman–Crippen MR) is 82.5 cm³/mol. The van der Waals surface area contributed by atoms with Gasteiger partial charge in [-0.3, -0.25) is 5.10 Å². The summed E-state index contributed by atoms with van der Waals surface area (Å²) >= 11 is 0. The minimum atomic E-state index is 0.830. The van der Waals surface area contributed by atoms with E-state index in [0.29, 0.717) is 0 Å². The van der Waals surface area contributed by atoms with Gasteiger partial charge in [-0.25, -0.2) is 4.98 Å². The quantitative estimate of drug-likeness (QED) is 0.730. The lowest BCUT2D eigenvalue weighted by atomic mass is 10.1. The summed E-state index contributed by atoms with van der Waals surface area (Å²) in [6.45, 7) is 4.75. The molecule has 0 amide bonds. The van der Waals surface area contributed by atoms with E-state index in [2.05, 4.69) is 56.3 Å². The summed E-state index contributed by atoms with van der Waals surface area (Å²) < 4.78 is 2.15. The Hall–Kier alpha value is -2.40. The first-order valence-corrected chi connectivity index (χ1v) is 7.15. The van der Waals surface area contributed by atoms with Gasteiger partial charge in [-0.2, -0.15) is 5.10 Å². The second kappa shape index (κ2) is 6.37. The van der Waals surface area contributed by atoms with Crippen molar-refractivity contribution < 1.29 is 0 Å². The average Bonchev–Trinajstić information content (AvgIpc) is 3.19. The lowest BCUT2D eigenvalue weighted by molar-refractivity contribution is 0.628. The van der Waals surface area contributed by atoms with Gasteiger partial charge in [-0.15, -0.1) is 0 Å². The van der Waals surface area contributed by atoms with Crippen LogP contribution in [0.4, 0.5) is 0 Å². The van der Waals surface area contributed by atoms with Crippen molar-refractivity contribution in [2.45, 2.75) is 26.6 Å². The Balaban J connectivity index is 1.56. The van der Waals surface area contributed by atoms with Crippen LogP contribution in [0.1, 0.15) is 18.2 Å². The van der Waals surface area contributed by atoms with Crippen LogP contribution in [0.5, 0.6) is 0 Å². The largest absolute Gasteiger partial charge is 0.334 e. The number of H-pyrrole nitrogens is 1. The first-order chi connectivity index (χ1) is 10.4. The summed E-state index contributed by atoms with van der Waals surface area (Å²) in [6, 6.07) is 10.5. The molecular formula is C16H19N5. The van der Waals surface area contributed by atoms with Gasteiger partial charge < -0.3 is 9.88 Å². The molecule has 3 rings (SSSR count). The van der Waals surface area contributed by atoms with Crippen LogP contribution in [0.15, 0.2) is 49.1 Å². The van der Waals surface area contributed by atoms with E-state index < -0.39 is 0 Å². The zero-order valence-corrected chi connectivity index (χ0v) is 12.1. The van der Waals surface area contributed by atoms with Gasteiger partial charge in [-0.1, -0.05) is 24.3 Å². The van der Waals surface area contributed by atoms with E-state index in [0.717, 1.165) is 30.9 Å². The Morgan fingerprint density at radius 3 is 2.71 bits per heavy atom. The van der Waals surface area contributed by atoms with Gasteiger partial charge >= 0.3 is 0 Å². The Kier molecular flexibility index (Phi) is 4.12. The topological polar surface area (TPSA) is 58.5 Å². The van der Waals surface area contributed by atoms with E-state index in [9.17, 15) is 0 Å². The van der Waals surface area contributed by atoms with E-state index in [1.807, 2.05) is 18.6 Å². The third-order valence-electron chi connectivity index (χ3n) is 3.54. The Labute approximate surface area is 124 Å². The van der Waals surface area contributed by atoms with E-state index in [-0.39, 0.29) is 0 Å². The van der Waals surface area contributed by atoms with Crippen molar-refractivity contribution in [3.8, 4) is 11.3 Å². The van der Waals surface area contributed by atoms with Gasteiger partial charge in [0, 0.05) is 32.0 Å². The summed E-state index contributed by atoms with van der Waals surface area (Å²) in [6.07, 6.45) is 5.55. The van der Waals surface area contributed by atoms with Crippen molar-refractivity contribution in [1.82, 2.24) is 25.1 Å². The van der Waals surface area contributed by atoms with Crippen molar-refractivity contribution in [2.24, 2.45) is 0 Å². The molecule has 0 bridgehead atoms. The third kappa shape index (κ3) is 3.20. The van der Waals surface area contributed by atoms with Crippen LogP contribution in [0.3, 0.4) is 0 Å². The number of hydrogen-bond acceptors (Lipinski definition) is 3. The monoisotopic (exact) mass is 281 g/mol. The third-order valence-corrected chi connectivity index (χ3v) is 3.54. The Morgan fingerprint density at radius 1 is 1.14 bits per heavy atom. The Morgan fingerprint density at radius 2 is 2.00 bits per heavy atom. The summed E-state index contributed by atoms with van der Waals surface area (Å²) in [5.41, 5.74) is 4.68. The summed E-state index contributed by atoms with van der Waals surface area (Å²) in [5.74, 6) is 0. The second-order valence-corrected chi connectivity index (χ2v) is 4.94. The maximum Gasteiger partial charge on any atom is 0.0948 e. The number of nitrogens with one attached hydrogen (secondary N) is 2. The zero-order chi connectivity index (χ0) is 14.5. The van der Waals surface area contributed by atoms with Crippen molar-refractivity contribution in [1.29, 1.82) is 0 Å². The van der Waals surface area contributed by atoms with E-state index in [1.165, 1.54) is 11.3 Å². The van der Waals surface area contributed by atoms with Gasteiger partial charge in [0.15, 0.2) is 0 Å². The molecule has 0 unspecified atom stereocenters. The minimum absolute atomic E-state index is 0.830. The van der Waals surface area contributed by atoms with E-state index in [4.69, 9.17) is 0 Å². The molecule has 0 saturated heterocycles. The molecule has 0 atom stereocenters. The van der Waals surface area contributed by atoms with Gasteiger partial charge in [0.25, 0.3) is 0 Å². The van der Waals surface area contributed by atoms with Gasteiger partial charge in [0.05, 0.1) is 17.7 Å². The highest BCUT2D eigenvalue weighted by Crippen LogP contribution is 2.16. The van der Waals surface area contributed by atoms with Crippen LogP contribution in [0.2, 0.25) is 0 Å². The van der Waals surface area contributed by atoms with Crippen LogP contribution in [-0.2, 0) is 19.6 Å². The molecule has 0 aliphatic carbocycles. The standard InChI is InChI=1S/C16H19N5/c1-2-21-12-18-11-15(21)10-17-9-13-3-5-14(6-4-13)16-7-8-19-20-16/h3-8,11-12,17H,2,9-10H2,1H3,(H,19,20). The Bertz CT molecular complexity index is 667. The number of benzene rings is 1. The van der Waals surface area contributed by atoms with Crippen molar-refractivity contribution in [3.05, 3.63) is 60.3 Å². The van der Waals surface area contributed by atoms with Crippen LogP contribution in [0, 0.1) is 0 Å². The maximum absolute atomic E-state index is 4.17. The molecule has 2 heterocycles. The first-order valence-electron chi connectivity index (χ1n) is 7.15. The van der Waals surface area contributed by atoms with Crippen LogP contribution >= 0.6 is 0 Å². The molecule has 0 saturated carbocycles. The molecule has 0 radical (unpaired) electrons. The summed E-state index contributed by atoms with van der Waals surface area (Å²) in [7, 11) is 0. The highest BCUT2D eigenvalue weighted by molar-refractivity contribution is 5.58. The van der Waals surface area contributed by atoms with Gasteiger partial charge in [-0.05, 0) is 24.1 Å². The lowest BCUT2D eigenvalue weighted by Crippen LogP contribution is -2.15. The highest BCUT2D eigenvalue weighted by atomic mass is 15.1. The van der Waals surface area contributed by atoms with Crippen molar-refractivity contribution in [2.75, 3.05) is 0 Å². The number of aromatic nitrogens is 4. The molecule has 0 fully saturated rings. The molecule has 5 heteroatoms. The number of aromatic amines is 1. The number of nitrogens with zero attached hydrogens (tertiary/aromatic N) is 3. The first kappa shape index (κ1) is 13.6. The van der Waals surface area contributed by atoms with Crippen molar-refractivity contribution >= 4 is 0 Å². The molecule has 108 valence electrons. The maximum atomic E-state index is 4.17. The molecule has 0 spiro atoms. The number of aryl methyl sites for hydroxylation is 1. The number of rotatable bonds is 6. The number of hydrogen-bond donors (Lipinski definition) is 2. The molecule has 2 N–H and O–H groups in total. The fourth-order valence-corrected chi connectivity index (χ4v) is 2.33. The molecule has 0 aliphatic rings.